The van der Waals surface area contributed by atoms with Crippen LogP contribution >= 0.6 is 0 Å². The van der Waals surface area contributed by atoms with E-state index in [0.29, 0.717) is 12.1 Å². The molecular weight excluding hydrogens is 288 g/mol. The van der Waals surface area contributed by atoms with Gasteiger partial charge in [-0.25, -0.2) is 0 Å². The molecule has 1 aromatic rings. The van der Waals surface area contributed by atoms with E-state index in [9.17, 15) is 9.90 Å². The van der Waals surface area contributed by atoms with Crippen molar-refractivity contribution in [3.63, 3.8) is 0 Å². The van der Waals surface area contributed by atoms with Crippen LogP contribution in [0.5, 0.6) is 5.75 Å². The van der Waals surface area contributed by atoms with Gasteiger partial charge in [-0.3, -0.25) is 4.79 Å². The lowest BCUT2D eigenvalue weighted by atomic mass is 10.1. The van der Waals surface area contributed by atoms with Crippen LogP contribution in [0.25, 0.3) is 0 Å². The van der Waals surface area contributed by atoms with Gasteiger partial charge in [0.25, 0.3) is 5.91 Å². The number of phenols is 1. The number of unbranched alkanes of at least 4 members (excludes halogenated alkanes) is 9. The molecule has 0 bridgehead atoms. The molecule has 4 nitrogen and oxygen atoms in total. The van der Waals surface area contributed by atoms with Gasteiger partial charge in [0.15, 0.2) is 0 Å². The molecule has 4 N–H and O–H groups in total. The van der Waals surface area contributed by atoms with Crippen molar-refractivity contribution in [3.05, 3.63) is 23.8 Å². The van der Waals surface area contributed by atoms with Crippen LogP contribution in [0.1, 0.15) is 81.5 Å². The number of hydrogen-bond donors (Lipinski definition) is 3. The molecule has 130 valence electrons. The maximum absolute atomic E-state index is 11.9. The summed E-state index contributed by atoms with van der Waals surface area (Å²) in [4.78, 5) is 11.9. The van der Waals surface area contributed by atoms with E-state index in [-0.39, 0.29) is 17.3 Å². The van der Waals surface area contributed by atoms with Crippen molar-refractivity contribution in [2.45, 2.75) is 71.1 Å². The highest BCUT2D eigenvalue weighted by molar-refractivity contribution is 5.95. The lowest BCUT2D eigenvalue weighted by Gasteiger charge is -2.07. The zero-order chi connectivity index (χ0) is 16.9. The van der Waals surface area contributed by atoms with Crippen molar-refractivity contribution in [1.82, 2.24) is 5.32 Å². The summed E-state index contributed by atoms with van der Waals surface area (Å²) in [6, 6.07) is 4.58. The number of anilines is 1. The number of hydrogen-bond acceptors (Lipinski definition) is 3. The third-order valence-electron chi connectivity index (χ3n) is 4.11. The Bertz CT molecular complexity index is 461. The third kappa shape index (κ3) is 8.48. The summed E-state index contributed by atoms with van der Waals surface area (Å²) in [5.41, 5.74) is 6.26. The van der Waals surface area contributed by atoms with Gasteiger partial charge in [0.05, 0.1) is 5.69 Å². The number of amides is 1. The number of benzene rings is 1. The van der Waals surface area contributed by atoms with Crippen LogP contribution in [0, 0.1) is 0 Å². The van der Waals surface area contributed by atoms with Crippen molar-refractivity contribution in [2.75, 3.05) is 12.3 Å². The van der Waals surface area contributed by atoms with E-state index in [2.05, 4.69) is 12.2 Å². The maximum Gasteiger partial charge on any atom is 0.251 e. The summed E-state index contributed by atoms with van der Waals surface area (Å²) in [6.45, 7) is 2.93. The Hall–Kier alpha value is -1.71. The molecule has 0 aromatic heterocycles. The summed E-state index contributed by atoms with van der Waals surface area (Å²) in [5.74, 6) is -0.201. The third-order valence-corrected chi connectivity index (χ3v) is 4.11. The average molecular weight is 320 g/mol. The van der Waals surface area contributed by atoms with Crippen LogP contribution in [-0.4, -0.2) is 17.6 Å². The Morgan fingerprint density at radius 1 is 1.00 bits per heavy atom. The van der Waals surface area contributed by atoms with Crippen LogP contribution in [0.15, 0.2) is 18.2 Å². The molecule has 0 spiro atoms. The van der Waals surface area contributed by atoms with Gasteiger partial charge in [0.2, 0.25) is 0 Å². The van der Waals surface area contributed by atoms with Crippen LogP contribution in [0.4, 0.5) is 5.69 Å². The van der Waals surface area contributed by atoms with Crippen molar-refractivity contribution < 1.29 is 9.90 Å². The normalized spacial score (nSPS) is 10.7. The minimum Gasteiger partial charge on any atom is -0.506 e. The standard InChI is InChI=1S/C19H32N2O2/c1-2-3-4-5-6-7-8-9-10-11-14-21-19(23)16-12-13-17(20)18(22)15-16/h12-13,15,22H,2-11,14,20H2,1H3,(H,21,23). The first-order valence-corrected chi connectivity index (χ1v) is 9.02. The number of nitrogens with one attached hydrogen (secondary N) is 1. The van der Waals surface area contributed by atoms with Gasteiger partial charge in [-0.15, -0.1) is 0 Å². The van der Waals surface area contributed by atoms with Crippen LogP contribution < -0.4 is 11.1 Å². The van der Waals surface area contributed by atoms with E-state index in [4.69, 9.17) is 5.73 Å². The highest BCUT2D eigenvalue weighted by Crippen LogP contribution is 2.20. The summed E-state index contributed by atoms with van der Waals surface area (Å²) in [6.07, 6.45) is 12.8. The number of nitrogen functional groups attached to an aromatic ring is 1. The van der Waals surface area contributed by atoms with E-state index in [1.165, 1.54) is 57.4 Å². The number of carbonyl (C=O) groups excluding carboxylic acids is 1. The lowest BCUT2D eigenvalue weighted by Crippen LogP contribution is -2.24. The van der Waals surface area contributed by atoms with Gasteiger partial charge < -0.3 is 16.2 Å². The minimum atomic E-state index is -0.156. The SMILES string of the molecule is CCCCCCCCCCCCNC(=O)c1ccc(N)c(O)c1. The predicted octanol–water partition coefficient (Wildman–Crippen LogP) is 4.63. The van der Waals surface area contributed by atoms with E-state index in [1.807, 2.05) is 0 Å². The molecular formula is C19H32N2O2. The van der Waals surface area contributed by atoms with E-state index in [1.54, 1.807) is 12.1 Å². The molecule has 0 aliphatic carbocycles. The number of rotatable bonds is 12. The number of carbonyl (C=O) groups is 1. The van der Waals surface area contributed by atoms with E-state index in [0.717, 1.165) is 12.8 Å². The van der Waals surface area contributed by atoms with Crippen molar-refractivity contribution in [2.24, 2.45) is 0 Å². The Morgan fingerprint density at radius 2 is 1.57 bits per heavy atom. The highest BCUT2D eigenvalue weighted by atomic mass is 16.3. The molecule has 1 aromatic carbocycles. The molecule has 0 heterocycles. The second-order valence-corrected chi connectivity index (χ2v) is 6.21. The van der Waals surface area contributed by atoms with Gasteiger partial charge in [0, 0.05) is 12.1 Å². The summed E-state index contributed by atoms with van der Waals surface area (Å²) >= 11 is 0. The lowest BCUT2D eigenvalue weighted by molar-refractivity contribution is 0.0952. The largest absolute Gasteiger partial charge is 0.506 e. The topological polar surface area (TPSA) is 75.4 Å². The molecule has 4 heteroatoms. The van der Waals surface area contributed by atoms with Crippen molar-refractivity contribution in [3.8, 4) is 5.75 Å². The van der Waals surface area contributed by atoms with E-state index >= 15 is 0 Å². The number of nitrogens with two attached hydrogens (primary N) is 1. The fourth-order valence-electron chi connectivity index (χ4n) is 2.60. The Balaban J connectivity index is 2.00. The zero-order valence-corrected chi connectivity index (χ0v) is 14.4. The molecule has 0 radical (unpaired) electrons. The Morgan fingerprint density at radius 3 is 2.13 bits per heavy atom. The monoisotopic (exact) mass is 320 g/mol. The maximum atomic E-state index is 11.9. The molecule has 0 saturated carbocycles. The molecule has 0 unspecified atom stereocenters. The van der Waals surface area contributed by atoms with E-state index < -0.39 is 0 Å². The van der Waals surface area contributed by atoms with Gasteiger partial charge >= 0.3 is 0 Å². The summed E-state index contributed by atoms with van der Waals surface area (Å²) < 4.78 is 0. The average Bonchev–Trinajstić information content (AvgIpc) is 2.55. The minimum absolute atomic E-state index is 0.0448. The van der Waals surface area contributed by atoms with Gasteiger partial charge in [-0.05, 0) is 24.6 Å². The summed E-state index contributed by atoms with van der Waals surface area (Å²) in [7, 11) is 0. The van der Waals surface area contributed by atoms with Crippen molar-refractivity contribution >= 4 is 11.6 Å². The molecule has 0 saturated heterocycles. The molecule has 23 heavy (non-hydrogen) atoms. The number of aromatic hydroxyl groups is 1. The molecule has 0 fully saturated rings. The first kappa shape index (κ1) is 19.3. The quantitative estimate of drug-likeness (QED) is 0.299. The molecule has 0 atom stereocenters. The Labute approximate surface area is 140 Å². The summed E-state index contributed by atoms with van der Waals surface area (Å²) in [5, 5.41) is 12.4. The molecule has 0 aliphatic rings. The van der Waals surface area contributed by atoms with Crippen LogP contribution in [0.2, 0.25) is 0 Å². The number of phenolic OH excluding ortho intramolecular Hbond substituents is 1. The van der Waals surface area contributed by atoms with Gasteiger partial charge in [-0.1, -0.05) is 64.7 Å². The fraction of sp³-hybridized carbons (Fsp3) is 0.632. The smallest absolute Gasteiger partial charge is 0.251 e. The second-order valence-electron chi connectivity index (χ2n) is 6.21. The molecule has 1 rings (SSSR count). The first-order chi connectivity index (χ1) is 11.1. The van der Waals surface area contributed by atoms with Gasteiger partial charge in [0.1, 0.15) is 5.75 Å². The van der Waals surface area contributed by atoms with Crippen LogP contribution in [-0.2, 0) is 0 Å². The second kappa shape index (κ2) is 11.8. The molecule has 0 aliphatic heterocycles. The fourth-order valence-corrected chi connectivity index (χ4v) is 2.60. The predicted molar refractivity (Wildman–Crippen MR) is 96.7 cm³/mol. The van der Waals surface area contributed by atoms with Crippen molar-refractivity contribution in [1.29, 1.82) is 0 Å². The zero-order valence-electron chi connectivity index (χ0n) is 14.4. The highest BCUT2D eigenvalue weighted by Gasteiger charge is 2.07. The first-order valence-electron chi connectivity index (χ1n) is 9.02. The Kier molecular flexibility index (Phi) is 9.92. The molecule has 1 amide bonds. The van der Waals surface area contributed by atoms with Gasteiger partial charge in [-0.2, -0.15) is 0 Å². The van der Waals surface area contributed by atoms with Crippen LogP contribution in [0.3, 0.4) is 0 Å².